The number of allylic oxidation sites excluding steroid dienone is 4. The van der Waals surface area contributed by atoms with E-state index < -0.39 is 0 Å². The van der Waals surface area contributed by atoms with Crippen LogP contribution < -0.4 is 9.80 Å². The van der Waals surface area contributed by atoms with Crippen molar-refractivity contribution in [3.8, 4) is 44.5 Å². The van der Waals surface area contributed by atoms with Crippen molar-refractivity contribution in [2.45, 2.75) is 44.9 Å². The summed E-state index contributed by atoms with van der Waals surface area (Å²) in [5.74, 6) is 0. The zero-order chi connectivity index (χ0) is 44.0. The monoisotopic (exact) mass is 826 g/mol. The first-order chi connectivity index (χ1) is 31.0. The van der Waals surface area contributed by atoms with E-state index >= 15 is 0 Å². The normalized spacial score (nSPS) is 15.9. The Morgan fingerprint density at radius 1 is 0.406 bits per heavy atom. The molecule has 64 heavy (non-hydrogen) atoms. The Balaban J connectivity index is 0.884. The average Bonchev–Trinajstić information content (AvgIpc) is 3.59. The maximum atomic E-state index is 4.44. The van der Waals surface area contributed by atoms with Crippen LogP contribution in [0.2, 0.25) is 0 Å². The molecule has 8 aromatic rings. The van der Waals surface area contributed by atoms with Crippen molar-refractivity contribution in [3.05, 3.63) is 247 Å². The fourth-order valence-corrected chi connectivity index (χ4v) is 9.85. The van der Waals surface area contributed by atoms with Crippen LogP contribution in [0.3, 0.4) is 0 Å². The van der Waals surface area contributed by atoms with Gasteiger partial charge >= 0.3 is 0 Å². The number of benzene rings is 8. The molecule has 0 saturated carbocycles. The van der Waals surface area contributed by atoms with Gasteiger partial charge in [0.2, 0.25) is 0 Å². The molecule has 2 aliphatic rings. The summed E-state index contributed by atoms with van der Waals surface area (Å²) in [6.45, 7) is 13.8. The average molecular weight is 827 g/mol. The summed E-state index contributed by atoms with van der Waals surface area (Å²) in [5, 5.41) is 0. The molecule has 0 fully saturated rings. The second-order valence-corrected chi connectivity index (χ2v) is 18.5. The van der Waals surface area contributed by atoms with Gasteiger partial charge in [-0.05, 0) is 139 Å². The molecule has 8 aromatic carbocycles. The number of anilines is 4. The number of para-hydroxylation sites is 1. The Hall–Kier alpha value is -7.42. The van der Waals surface area contributed by atoms with Crippen LogP contribution in [-0.2, 0) is 10.8 Å². The van der Waals surface area contributed by atoms with Gasteiger partial charge in [-0.1, -0.05) is 192 Å². The zero-order valence-corrected chi connectivity index (χ0v) is 37.5. The Bertz CT molecular complexity index is 3090. The van der Waals surface area contributed by atoms with Gasteiger partial charge in [0.05, 0.1) is 0 Å². The van der Waals surface area contributed by atoms with E-state index in [0.717, 1.165) is 40.4 Å². The molecule has 0 bridgehead atoms. The summed E-state index contributed by atoms with van der Waals surface area (Å²) in [6, 6.07) is 71.0. The summed E-state index contributed by atoms with van der Waals surface area (Å²) >= 11 is 0. The molecule has 10 rings (SSSR count). The maximum absolute atomic E-state index is 4.44. The second-order valence-electron chi connectivity index (χ2n) is 18.5. The third-order valence-electron chi connectivity index (χ3n) is 13.6. The second kappa shape index (κ2) is 16.4. The van der Waals surface area contributed by atoms with Crippen LogP contribution >= 0.6 is 0 Å². The van der Waals surface area contributed by atoms with E-state index in [1.807, 2.05) is 0 Å². The van der Waals surface area contributed by atoms with Crippen LogP contribution in [0.5, 0.6) is 0 Å². The smallest absolute Gasteiger partial charge is 0.0467 e. The highest BCUT2D eigenvalue weighted by Gasteiger charge is 2.35. The minimum absolute atomic E-state index is 0.0210. The number of rotatable bonds is 8. The molecule has 0 saturated heterocycles. The summed E-state index contributed by atoms with van der Waals surface area (Å²) in [7, 11) is 2.16. The summed E-state index contributed by atoms with van der Waals surface area (Å²) in [6.07, 6.45) is 7.65. The van der Waals surface area contributed by atoms with E-state index in [-0.39, 0.29) is 10.8 Å². The molecular weight excluding hydrogens is 773 g/mol. The molecule has 0 radical (unpaired) electrons. The summed E-state index contributed by atoms with van der Waals surface area (Å²) in [5.41, 5.74) is 21.8. The highest BCUT2D eigenvalue weighted by atomic mass is 15.1. The molecule has 0 spiro atoms. The van der Waals surface area contributed by atoms with E-state index in [1.54, 1.807) is 0 Å². The van der Waals surface area contributed by atoms with E-state index in [0.29, 0.717) is 0 Å². The maximum Gasteiger partial charge on any atom is 0.0467 e. The Kier molecular flexibility index (Phi) is 10.4. The first-order valence-electron chi connectivity index (χ1n) is 22.5. The van der Waals surface area contributed by atoms with Crippen molar-refractivity contribution in [3.63, 3.8) is 0 Å². The van der Waals surface area contributed by atoms with Gasteiger partial charge < -0.3 is 9.80 Å². The van der Waals surface area contributed by atoms with Gasteiger partial charge in [0.15, 0.2) is 0 Å². The molecule has 0 unspecified atom stereocenters. The lowest BCUT2D eigenvalue weighted by Gasteiger charge is -2.28. The minimum atomic E-state index is -0.0799. The van der Waals surface area contributed by atoms with Crippen molar-refractivity contribution < 1.29 is 0 Å². The molecule has 0 amide bonds. The van der Waals surface area contributed by atoms with E-state index in [1.165, 1.54) is 66.8 Å². The van der Waals surface area contributed by atoms with Crippen molar-refractivity contribution in [1.82, 2.24) is 0 Å². The van der Waals surface area contributed by atoms with Crippen LogP contribution in [0.25, 0.3) is 50.1 Å². The van der Waals surface area contributed by atoms with Crippen molar-refractivity contribution in [2.75, 3.05) is 16.8 Å². The molecular formula is C62H54N2. The molecule has 0 atom stereocenters. The SMILES string of the molecule is C=C1/C=C\C(N(C)c2cccc(-c3ccc(-c4ccc(-c5cccc(N(c6ccccc6)c6ccc7c(c6)C(C)(C)c6ccccc6-7)c5)cc4)cc3)c2)=C/CC(C)(C)c2ccccc21. The van der Waals surface area contributed by atoms with Gasteiger partial charge in [0.25, 0.3) is 0 Å². The number of hydrogen-bond donors (Lipinski definition) is 0. The largest absolute Gasteiger partial charge is 0.345 e. The zero-order valence-electron chi connectivity index (χ0n) is 37.5. The molecule has 2 nitrogen and oxygen atoms in total. The Morgan fingerprint density at radius 3 is 1.56 bits per heavy atom. The fourth-order valence-electron chi connectivity index (χ4n) is 9.85. The van der Waals surface area contributed by atoms with Crippen LogP contribution in [0, 0.1) is 0 Å². The van der Waals surface area contributed by atoms with Crippen molar-refractivity contribution in [2.24, 2.45) is 0 Å². The molecule has 0 aliphatic heterocycles. The molecule has 312 valence electrons. The number of fused-ring (bicyclic) bond motifs is 4. The van der Waals surface area contributed by atoms with Crippen LogP contribution in [0.4, 0.5) is 22.7 Å². The van der Waals surface area contributed by atoms with E-state index in [2.05, 4.69) is 263 Å². The number of hydrogen-bond acceptors (Lipinski definition) is 2. The first-order valence-corrected chi connectivity index (χ1v) is 22.5. The van der Waals surface area contributed by atoms with Gasteiger partial charge in [-0.15, -0.1) is 0 Å². The first kappa shape index (κ1) is 40.6. The third-order valence-corrected chi connectivity index (χ3v) is 13.6. The van der Waals surface area contributed by atoms with Gasteiger partial charge in [-0.3, -0.25) is 0 Å². The van der Waals surface area contributed by atoms with E-state index in [4.69, 9.17) is 0 Å². The third kappa shape index (κ3) is 7.50. The predicted molar refractivity (Wildman–Crippen MR) is 274 cm³/mol. The highest BCUT2D eigenvalue weighted by Crippen LogP contribution is 2.51. The van der Waals surface area contributed by atoms with Gasteiger partial charge in [-0.25, -0.2) is 0 Å². The van der Waals surface area contributed by atoms with Gasteiger partial charge in [-0.2, -0.15) is 0 Å². The van der Waals surface area contributed by atoms with Crippen LogP contribution in [0.1, 0.15) is 56.4 Å². The minimum Gasteiger partial charge on any atom is -0.345 e. The van der Waals surface area contributed by atoms with Gasteiger partial charge in [0, 0.05) is 40.9 Å². The fraction of sp³-hybridized carbons (Fsp3) is 0.129. The van der Waals surface area contributed by atoms with Crippen molar-refractivity contribution >= 4 is 28.3 Å². The van der Waals surface area contributed by atoms with Crippen molar-refractivity contribution in [1.29, 1.82) is 0 Å². The van der Waals surface area contributed by atoms with Crippen LogP contribution in [0.15, 0.2) is 225 Å². The lowest BCUT2D eigenvalue weighted by atomic mass is 9.78. The molecule has 0 aromatic heterocycles. The number of likely N-dealkylation sites (N-methyl/N-ethyl adjacent to an activating group) is 1. The number of nitrogens with zero attached hydrogens (tertiary/aromatic N) is 2. The molecule has 0 heterocycles. The summed E-state index contributed by atoms with van der Waals surface area (Å²) in [4.78, 5) is 4.68. The topological polar surface area (TPSA) is 6.48 Å². The standard InChI is InChI=1S/C62H54N2/c1-43-26-35-50(38-39-61(2,3)58-24-12-10-22-55(43)58)63(6)52-20-14-16-48(40-52)46-31-27-44(28-32-46)45-29-33-47(34-30-45)49-17-15-21-53(41-49)64(51-18-8-7-9-19-51)54-36-37-57-56-23-11-13-25-59(56)62(4,5)60(57)42-54/h7-38,40-42H,1,39H2,2-6H3/b35-26-,50-38+. The quantitative estimate of drug-likeness (QED) is 0.151. The van der Waals surface area contributed by atoms with E-state index in [9.17, 15) is 0 Å². The molecule has 0 N–H and O–H groups in total. The lowest BCUT2D eigenvalue weighted by molar-refractivity contribution is 0.531. The Morgan fingerprint density at radius 2 is 0.906 bits per heavy atom. The molecule has 2 heteroatoms. The lowest BCUT2D eigenvalue weighted by Crippen LogP contribution is -2.19. The predicted octanol–water partition coefficient (Wildman–Crippen LogP) is 16.7. The van der Waals surface area contributed by atoms with Crippen LogP contribution in [-0.4, -0.2) is 7.05 Å². The summed E-state index contributed by atoms with van der Waals surface area (Å²) < 4.78 is 0. The Labute approximate surface area is 379 Å². The van der Waals surface area contributed by atoms with Gasteiger partial charge in [0.1, 0.15) is 0 Å². The molecule has 2 aliphatic carbocycles. The highest BCUT2D eigenvalue weighted by molar-refractivity contribution is 5.87.